The van der Waals surface area contributed by atoms with E-state index in [-0.39, 0.29) is 22.8 Å². The first-order chi connectivity index (χ1) is 15.8. The van der Waals surface area contributed by atoms with Crippen molar-refractivity contribution in [2.45, 2.75) is 12.7 Å². The summed E-state index contributed by atoms with van der Waals surface area (Å²) in [5, 5.41) is 9.41. The second-order valence-electron chi connectivity index (χ2n) is 7.23. The van der Waals surface area contributed by atoms with Gasteiger partial charge in [0.25, 0.3) is 0 Å². The number of benzene rings is 1. The Kier molecular flexibility index (Phi) is 6.42. The summed E-state index contributed by atoms with van der Waals surface area (Å²) in [5.41, 5.74) is 5.91. The van der Waals surface area contributed by atoms with Crippen molar-refractivity contribution in [1.29, 1.82) is 5.26 Å². The van der Waals surface area contributed by atoms with Crippen LogP contribution in [0.2, 0.25) is 0 Å². The third-order valence-corrected chi connectivity index (χ3v) is 6.22. The Hall–Kier alpha value is -3.33. The first kappa shape index (κ1) is 22.8. The fourth-order valence-corrected chi connectivity index (χ4v) is 4.49. The zero-order chi connectivity index (χ0) is 23.6. The molecule has 2 N–H and O–H groups in total. The van der Waals surface area contributed by atoms with Gasteiger partial charge in [-0.1, -0.05) is 23.5 Å². The van der Waals surface area contributed by atoms with Gasteiger partial charge in [0.15, 0.2) is 10.8 Å². The van der Waals surface area contributed by atoms with Crippen molar-refractivity contribution in [2.24, 2.45) is 5.73 Å². The molecule has 0 saturated carbocycles. The molecule has 2 aromatic heterocycles. The number of morpholine rings is 1. The number of pyridine rings is 1. The van der Waals surface area contributed by atoms with E-state index in [2.05, 4.69) is 9.97 Å². The number of ketones is 1. The Labute approximate surface area is 191 Å². The first-order valence-corrected chi connectivity index (χ1v) is 10.8. The van der Waals surface area contributed by atoms with Crippen LogP contribution in [0.5, 0.6) is 0 Å². The van der Waals surface area contributed by atoms with E-state index in [0.717, 1.165) is 5.56 Å². The SMILES string of the molecule is N#Cc1ccc(-c2ccc(CN)cn2)c(C(=O)c2sc(N3CCOCC3)nc2C(F)(F)F)c1. The molecule has 3 heterocycles. The molecule has 0 bridgehead atoms. The van der Waals surface area contributed by atoms with E-state index in [0.29, 0.717) is 48.9 Å². The average Bonchev–Trinajstić information content (AvgIpc) is 3.30. The second-order valence-corrected chi connectivity index (χ2v) is 8.21. The molecule has 0 unspecified atom stereocenters. The normalized spacial score (nSPS) is 14.2. The molecule has 0 atom stereocenters. The van der Waals surface area contributed by atoms with Crippen LogP contribution < -0.4 is 10.6 Å². The Morgan fingerprint density at radius 1 is 1.24 bits per heavy atom. The molecule has 1 aliphatic rings. The summed E-state index contributed by atoms with van der Waals surface area (Å²) in [4.78, 5) is 22.7. The van der Waals surface area contributed by atoms with Crippen molar-refractivity contribution < 1.29 is 22.7 Å². The van der Waals surface area contributed by atoms with Crippen molar-refractivity contribution in [2.75, 3.05) is 31.2 Å². The van der Waals surface area contributed by atoms with Crippen molar-refractivity contribution in [3.8, 4) is 17.3 Å². The number of alkyl halides is 3. The van der Waals surface area contributed by atoms with E-state index in [1.54, 1.807) is 17.0 Å². The fourth-order valence-electron chi connectivity index (χ4n) is 3.40. The highest BCUT2D eigenvalue weighted by Gasteiger charge is 2.41. The molecule has 0 spiro atoms. The number of carbonyl (C=O) groups excluding carboxylic acids is 1. The van der Waals surface area contributed by atoms with Gasteiger partial charge in [-0.25, -0.2) is 4.98 Å². The third-order valence-electron chi connectivity index (χ3n) is 5.10. The van der Waals surface area contributed by atoms with Crippen molar-refractivity contribution in [3.63, 3.8) is 0 Å². The fraction of sp³-hybridized carbons (Fsp3) is 0.273. The van der Waals surface area contributed by atoms with Crippen LogP contribution in [-0.2, 0) is 17.5 Å². The predicted molar refractivity (Wildman–Crippen MR) is 116 cm³/mol. The van der Waals surface area contributed by atoms with Gasteiger partial charge in [0.1, 0.15) is 4.88 Å². The molecular formula is C22H18F3N5O2S. The third kappa shape index (κ3) is 4.73. The Morgan fingerprint density at radius 3 is 2.61 bits per heavy atom. The number of rotatable bonds is 5. The number of aromatic nitrogens is 2. The van der Waals surface area contributed by atoms with Gasteiger partial charge in [0.2, 0.25) is 5.78 Å². The van der Waals surface area contributed by atoms with Gasteiger partial charge in [-0.2, -0.15) is 18.4 Å². The number of thiazole rings is 1. The van der Waals surface area contributed by atoms with Gasteiger partial charge in [0, 0.05) is 37.0 Å². The lowest BCUT2D eigenvalue weighted by atomic mass is 9.96. The van der Waals surface area contributed by atoms with Crippen LogP contribution in [0.3, 0.4) is 0 Å². The maximum atomic E-state index is 13.8. The molecule has 7 nitrogen and oxygen atoms in total. The van der Waals surface area contributed by atoms with Crippen LogP contribution >= 0.6 is 11.3 Å². The summed E-state index contributed by atoms with van der Waals surface area (Å²) in [5.74, 6) is -0.865. The standard InChI is InChI=1S/C22H18F3N5O2S/c23-22(24,25)20-19(33-21(29-20)30-5-7-32-8-6-30)18(31)16-9-13(10-26)1-3-15(16)17-4-2-14(11-27)12-28-17/h1-4,9,12H,5-8,11,27H2. The predicted octanol–water partition coefficient (Wildman–Crippen LogP) is 3.62. The van der Waals surface area contributed by atoms with E-state index < -0.39 is 22.5 Å². The molecule has 1 aliphatic heterocycles. The molecule has 1 saturated heterocycles. The second kappa shape index (κ2) is 9.27. The van der Waals surface area contributed by atoms with Crippen LogP contribution in [0.25, 0.3) is 11.3 Å². The van der Waals surface area contributed by atoms with Crippen molar-refractivity contribution in [3.05, 3.63) is 63.8 Å². The number of hydrogen-bond acceptors (Lipinski definition) is 8. The minimum atomic E-state index is -4.82. The molecule has 1 aromatic carbocycles. The molecule has 33 heavy (non-hydrogen) atoms. The lowest BCUT2D eigenvalue weighted by Gasteiger charge is -2.26. The van der Waals surface area contributed by atoms with Gasteiger partial charge in [0.05, 0.1) is 30.5 Å². The number of ether oxygens (including phenoxy) is 1. The van der Waals surface area contributed by atoms with Gasteiger partial charge in [-0.15, -0.1) is 0 Å². The summed E-state index contributed by atoms with van der Waals surface area (Å²) in [6.45, 7) is 1.76. The van der Waals surface area contributed by atoms with Crippen LogP contribution in [0.15, 0.2) is 36.5 Å². The van der Waals surface area contributed by atoms with E-state index in [1.807, 2.05) is 6.07 Å². The van der Waals surface area contributed by atoms with E-state index in [1.165, 1.54) is 24.4 Å². The monoisotopic (exact) mass is 473 g/mol. The maximum absolute atomic E-state index is 13.8. The Morgan fingerprint density at radius 2 is 2.00 bits per heavy atom. The summed E-state index contributed by atoms with van der Waals surface area (Å²) in [7, 11) is 0. The van der Waals surface area contributed by atoms with Gasteiger partial charge >= 0.3 is 6.18 Å². The molecule has 1 fully saturated rings. The lowest BCUT2D eigenvalue weighted by molar-refractivity contribution is -0.141. The van der Waals surface area contributed by atoms with Crippen molar-refractivity contribution in [1.82, 2.24) is 9.97 Å². The molecule has 0 radical (unpaired) electrons. The van der Waals surface area contributed by atoms with Crippen LogP contribution in [0, 0.1) is 11.3 Å². The quantitative estimate of drug-likeness (QED) is 0.564. The van der Waals surface area contributed by atoms with Gasteiger partial charge in [-0.3, -0.25) is 9.78 Å². The zero-order valence-corrected chi connectivity index (χ0v) is 18.0. The maximum Gasteiger partial charge on any atom is 0.435 e. The molecule has 0 amide bonds. The number of anilines is 1. The Bertz CT molecular complexity index is 1210. The largest absolute Gasteiger partial charge is 0.435 e. The smallest absolute Gasteiger partial charge is 0.378 e. The summed E-state index contributed by atoms with van der Waals surface area (Å²) < 4.78 is 46.7. The Balaban J connectivity index is 1.83. The highest BCUT2D eigenvalue weighted by atomic mass is 32.1. The average molecular weight is 473 g/mol. The number of nitrogens with zero attached hydrogens (tertiary/aromatic N) is 4. The van der Waals surface area contributed by atoms with Crippen molar-refractivity contribution >= 4 is 22.3 Å². The van der Waals surface area contributed by atoms with E-state index in [9.17, 15) is 23.2 Å². The highest BCUT2D eigenvalue weighted by molar-refractivity contribution is 7.17. The molecule has 170 valence electrons. The topological polar surface area (TPSA) is 105 Å². The van der Waals surface area contributed by atoms with E-state index >= 15 is 0 Å². The van der Waals surface area contributed by atoms with Crippen LogP contribution in [0.4, 0.5) is 18.3 Å². The first-order valence-electron chi connectivity index (χ1n) is 9.96. The summed E-state index contributed by atoms with van der Waals surface area (Å²) in [6, 6.07) is 9.56. The molecule has 0 aliphatic carbocycles. The zero-order valence-electron chi connectivity index (χ0n) is 17.2. The van der Waals surface area contributed by atoms with Crippen LogP contribution in [0.1, 0.15) is 32.1 Å². The number of halogens is 3. The number of nitriles is 1. The van der Waals surface area contributed by atoms with Gasteiger partial charge < -0.3 is 15.4 Å². The highest BCUT2D eigenvalue weighted by Crippen LogP contribution is 2.39. The summed E-state index contributed by atoms with van der Waals surface area (Å²) in [6.07, 6.45) is -3.29. The minimum absolute atomic E-state index is 0.0512. The molecule has 4 rings (SSSR count). The molecule has 3 aromatic rings. The molecular weight excluding hydrogens is 455 g/mol. The molecule has 11 heteroatoms. The summed E-state index contributed by atoms with van der Waals surface area (Å²) >= 11 is 0.689. The number of hydrogen-bond donors (Lipinski definition) is 1. The van der Waals surface area contributed by atoms with E-state index in [4.69, 9.17) is 10.5 Å². The van der Waals surface area contributed by atoms with Crippen LogP contribution in [-0.4, -0.2) is 42.1 Å². The lowest BCUT2D eigenvalue weighted by Crippen LogP contribution is -2.36. The van der Waals surface area contributed by atoms with Gasteiger partial charge in [-0.05, 0) is 23.8 Å². The minimum Gasteiger partial charge on any atom is -0.378 e. The number of carbonyl (C=O) groups is 1. The number of nitrogens with two attached hydrogens (primary N) is 1.